The fourth-order valence-electron chi connectivity index (χ4n) is 2.28. The summed E-state index contributed by atoms with van der Waals surface area (Å²) < 4.78 is 11.4. The van der Waals surface area contributed by atoms with Crippen molar-refractivity contribution in [3.05, 3.63) is 35.9 Å². The van der Waals surface area contributed by atoms with Crippen LogP contribution in [0.2, 0.25) is 0 Å². The minimum absolute atomic E-state index is 0.186. The number of primary amides is 1. The molecule has 1 amide bonds. The van der Waals surface area contributed by atoms with Crippen LogP contribution >= 0.6 is 0 Å². The van der Waals surface area contributed by atoms with Gasteiger partial charge in [-0.2, -0.15) is 0 Å². The van der Waals surface area contributed by atoms with E-state index in [4.69, 9.17) is 15.2 Å². The topological polar surface area (TPSA) is 61.6 Å². The van der Waals surface area contributed by atoms with Crippen molar-refractivity contribution < 1.29 is 14.3 Å². The minimum atomic E-state index is -0.455. The van der Waals surface area contributed by atoms with Gasteiger partial charge in [0.1, 0.15) is 6.10 Å². The molecule has 4 nitrogen and oxygen atoms in total. The number of hydrogen-bond donors (Lipinski definition) is 1. The molecule has 19 heavy (non-hydrogen) atoms. The van der Waals surface area contributed by atoms with E-state index in [1.165, 1.54) is 5.56 Å². The van der Waals surface area contributed by atoms with Crippen LogP contribution in [-0.4, -0.2) is 24.7 Å². The predicted octanol–water partition coefficient (Wildman–Crippen LogP) is 2.02. The van der Waals surface area contributed by atoms with Crippen LogP contribution in [0, 0.1) is 0 Å². The van der Waals surface area contributed by atoms with E-state index in [9.17, 15) is 4.79 Å². The lowest BCUT2D eigenvalue weighted by molar-refractivity contribution is -0.131. The highest BCUT2D eigenvalue weighted by Gasteiger charge is 2.21. The van der Waals surface area contributed by atoms with Crippen LogP contribution in [0.15, 0.2) is 30.3 Å². The Labute approximate surface area is 113 Å². The Hall–Kier alpha value is -1.39. The van der Waals surface area contributed by atoms with Gasteiger partial charge in [0.2, 0.25) is 5.91 Å². The maximum absolute atomic E-state index is 11.2. The Morgan fingerprint density at radius 3 is 2.79 bits per heavy atom. The smallest absolute Gasteiger partial charge is 0.246 e. The van der Waals surface area contributed by atoms with E-state index in [2.05, 4.69) is 12.1 Å². The molecule has 0 aromatic heterocycles. The van der Waals surface area contributed by atoms with Crippen molar-refractivity contribution in [3.63, 3.8) is 0 Å². The zero-order valence-electron chi connectivity index (χ0n) is 11.1. The summed E-state index contributed by atoms with van der Waals surface area (Å²) in [4.78, 5) is 11.2. The first-order valence-electron chi connectivity index (χ1n) is 6.82. The molecule has 2 atom stereocenters. The number of nitrogens with two attached hydrogens (primary N) is 1. The van der Waals surface area contributed by atoms with Crippen molar-refractivity contribution in [2.24, 2.45) is 5.73 Å². The number of rotatable bonds is 4. The van der Waals surface area contributed by atoms with Crippen molar-refractivity contribution in [2.45, 2.75) is 44.5 Å². The molecule has 1 saturated heterocycles. The van der Waals surface area contributed by atoms with Crippen molar-refractivity contribution in [2.75, 3.05) is 6.61 Å². The van der Waals surface area contributed by atoms with Gasteiger partial charge in [-0.3, -0.25) is 4.79 Å². The standard InChI is InChI=1S/C15H21NO3/c16-15(17)14-9-8-13(7-4-10-18-14)19-11-12-5-2-1-3-6-12/h1-3,5-6,13-14H,4,7-11H2,(H2,16,17)/t13-,14-/m0/s1. The Morgan fingerprint density at radius 2 is 2.05 bits per heavy atom. The first kappa shape index (κ1) is 14.0. The fraction of sp³-hybridized carbons (Fsp3) is 0.533. The van der Waals surface area contributed by atoms with Gasteiger partial charge in [0.25, 0.3) is 0 Å². The van der Waals surface area contributed by atoms with Crippen LogP contribution in [0.1, 0.15) is 31.2 Å². The third kappa shape index (κ3) is 4.65. The molecule has 1 aliphatic heterocycles. The molecular formula is C15H21NO3. The summed E-state index contributed by atoms with van der Waals surface area (Å²) in [7, 11) is 0. The first-order valence-corrected chi connectivity index (χ1v) is 6.82. The van der Waals surface area contributed by atoms with Crippen LogP contribution in [0.4, 0.5) is 0 Å². The molecule has 0 unspecified atom stereocenters. The summed E-state index contributed by atoms with van der Waals surface area (Å²) >= 11 is 0. The minimum Gasteiger partial charge on any atom is -0.374 e. The molecule has 1 aromatic carbocycles. The number of hydrogen-bond acceptors (Lipinski definition) is 3. The SMILES string of the molecule is NC(=O)[C@@H]1CC[C@@H](OCc2ccccc2)CCCO1. The molecule has 0 saturated carbocycles. The largest absolute Gasteiger partial charge is 0.374 e. The number of amides is 1. The lowest BCUT2D eigenvalue weighted by atomic mass is 10.0. The average molecular weight is 263 g/mol. The lowest BCUT2D eigenvalue weighted by Gasteiger charge is -2.24. The number of ether oxygens (including phenoxy) is 2. The molecule has 1 aliphatic rings. The molecular weight excluding hydrogens is 242 g/mol. The van der Waals surface area contributed by atoms with Crippen molar-refractivity contribution in [3.8, 4) is 0 Å². The first-order chi connectivity index (χ1) is 9.25. The second-order valence-electron chi connectivity index (χ2n) is 4.90. The summed E-state index contributed by atoms with van der Waals surface area (Å²) in [6, 6.07) is 10.1. The molecule has 4 heteroatoms. The van der Waals surface area contributed by atoms with Gasteiger partial charge in [0.05, 0.1) is 12.7 Å². The van der Waals surface area contributed by atoms with Crippen LogP contribution in [0.5, 0.6) is 0 Å². The lowest BCUT2D eigenvalue weighted by Crippen LogP contribution is -2.34. The molecule has 0 bridgehead atoms. The van der Waals surface area contributed by atoms with Gasteiger partial charge < -0.3 is 15.2 Å². The molecule has 1 fully saturated rings. The van der Waals surface area contributed by atoms with Crippen LogP contribution in [0.3, 0.4) is 0 Å². The molecule has 1 aromatic rings. The highest BCUT2D eigenvalue weighted by molar-refractivity contribution is 5.78. The predicted molar refractivity (Wildman–Crippen MR) is 72.4 cm³/mol. The normalized spacial score (nSPS) is 24.4. The molecule has 104 valence electrons. The van der Waals surface area contributed by atoms with Gasteiger partial charge in [-0.15, -0.1) is 0 Å². The van der Waals surface area contributed by atoms with E-state index in [1.54, 1.807) is 0 Å². The van der Waals surface area contributed by atoms with E-state index >= 15 is 0 Å². The van der Waals surface area contributed by atoms with Gasteiger partial charge in [-0.25, -0.2) is 0 Å². The molecule has 2 N–H and O–H groups in total. The quantitative estimate of drug-likeness (QED) is 0.904. The Bertz CT molecular complexity index is 394. The Morgan fingerprint density at radius 1 is 1.26 bits per heavy atom. The summed E-state index contributed by atoms with van der Waals surface area (Å²) in [6.07, 6.45) is 3.07. The van der Waals surface area contributed by atoms with Crippen molar-refractivity contribution >= 4 is 5.91 Å². The summed E-state index contributed by atoms with van der Waals surface area (Å²) in [5, 5.41) is 0. The van der Waals surface area contributed by atoms with Gasteiger partial charge in [-0.05, 0) is 31.2 Å². The number of benzene rings is 1. The number of carbonyl (C=O) groups is 1. The van der Waals surface area contributed by atoms with E-state index in [0.717, 1.165) is 19.3 Å². The Kier molecular flexibility index (Phi) is 5.36. The third-order valence-corrected chi connectivity index (χ3v) is 3.39. The Balaban J connectivity index is 1.81. The molecule has 0 aliphatic carbocycles. The van der Waals surface area contributed by atoms with Crippen LogP contribution in [0.25, 0.3) is 0 Å². The maximum atomic E-state index is 11.2. The van der Waals surface area contributed by atoms with Gasteiger partial charge in [0, 0.05) is 6.61 Å². The third-order valence-electron chi connectivity index (χ3n) is 3.39. The molecule has 0 spiro atoms. The molecule has 2 rings (SSSR count). The summed E-state index contributed by atoms with van der Waals surface area (Å²) in [6.45, 7) is 1.20. The second-order valence-corrected chi connectivity index (χ2v) is 4.90. The molecule has 1 heterocycles. The summed E-state index contributed by atoms with van der Waals surface area (Å²) in [5.74, 6) is -0.372. The highest BCUT2D eigenvalue weighted by atomic mass is 16.5. The van der Waals surface area contributed by atoms with Gasteiger partial charge in [0.15, 0.2) is 0 Å². The zero-order chi connectivity index (χ0) is 13.5. The van der Waals surface area contributed by atoms with E-state index < -0.39 is 6.10 Å². The zero-order valence-corrected chi connectivity index (χ0v) is 11.1. The summed E-state index contributed by atoms with van der Waals surface area (Å²) in [5.41, 5.74) is 6.47. The van der Waals surface area contributed by atoms with Crippen molar-refractivity contribution in [1.29, 1.82) is 0 Å². The second kappa shape index (κ2) is 7.26. The van der Waals surface area contributed by atoms with Crippen molar-refractivity contribution in [1.82, 2.24) is 0 Å². The van der Waals surface area contributed by atoms with Crippen LogP contribution in [-0.2, 0) is 20.9 Å². The van der Waals surface area contributed by atoms with Gasteiger partial charge in [-0.1, -0.05) is 30.3 Å². The van der Waals surface area contributed by atoms with Crippen LogP contribution < -0.4 is 5.73 Å². The maximum Gasteiger partial charge on any atom is 0.246 e. The molecule has 0 radical (unpaired) electrons. The number of carbonyl (C=O) groups excluding carboxylic acids is 1. The van der Waals surface area contributed by atoms with E-state index in [-0.39, 0.29) is 12.0 Å². The van der Waals surface area contributed by atoms with Gasteiger partial charge >= 0.3 is 0 Å². The fourth-order valence-corrected chi connectivity index (χ4v) is 2.28. The highest BCUT2D eigenvalue weighted by Crippen LogP contribution is 2.18. The van der Waals surface area contributed by atoms with E-state index in [1.807, 2.05) is 18.2 Å². The average Bonchev–Trinajstić information content (AvgIpc) is 2.38. The van der Waals surface area contributed by atoms with E-state index in [0.29, 0.717) is 19.6 Å². The monoisotopic (exact) mass is 263 g/mol.